The second-order valence-corrected chi connectivity index (χ2v) is 9.40. The Labute approximate surface area is 240 Å². The second-order valence-electron chi connectivity index (χ2n) is 8.46. The van der Waals surface area contributed by atoms with Gasteiger partial charge in [0.2, 0.25) is 17.6 Å². The van der Waals surface area contributed by atoms with Crippen LogP contribution in [0.3, 0.4) is 0 Å². The van der Waals surface area contributed by atoms with Gasteiger partial charge in [0.05, 0.1) is 34.2 Å². The third-order valence-corrected chi connectivity index (χ3v) is 6.75. The average molecular weight is 581 g/mol. The molecule has 0 radical (unpaired) electrons. The number of thioether (sulfide) groups is 1. The fourth-order valence-corrected chi connectivity index (χ4v) is 4.46. The van der Waals surface area contributed by atoms with Crippen molar-refractivity contribution in [3.63, 3.8) is 0 Å². The summed E-state index contributed by atoms with van der Waals surface area (Å²) < 4.78 is 24.0. The van der Waals surface area contributed by atoms with E-state index in [0.29, 0.717) is 50.9 Å². The van der Waals surface area contributed by atoms with Gasteiger partial charge in [0.25, 0.3) is 5.91 Å². The molecule has 0 aliphatic carbocycles. The summed E-state index contributed by atoms with van der Waals surface area (Å²) in [6.07, 6.45) is 3.48. The van der Waals surface area contributed by atoms with Crippen molar-refractivity contribution in [1.82, 2.24) is 14.9 Å². The molecule has 214 valence electrons. The Bertz CT molecular complexity index is 1530. The summed E-state index contributed by atoms with van der Waals surface area (Å²) in [4.78, 5) is 25.0. The zero-order valence-electron chi connectivity index (χ0n) is 22.9. The Hall–Kier alpha value is -4.98. The molecule has 0 unspecified atom stereocenters. The molecule has 41 heavy (non-hydrogen) atoms. The van der Waals surface area contributed by atoms with Gasteiger partial charge in [0.1, 0.15) is 0 Å². The highest BCUT2D eigenvalue weighted by Gasteiger charge is 2.17. The van der Waals surface area contributed by atoms with E-state index in [1.54, 1.807) is 79.7 Å². The number of carbonyl (C=O) groups is 2. The molecule has 0 aliphatic heterocycles. The molecule has 0 saturated heterocycles. The summed E-state index contributed by atoms with van der Waals surface area (Å²) in [5.74, 6) is 8.37. The third-order valence-electron chi connectivity index (χ3n) is 5.81. The number of amides is 2. The van der Waals surface area contributed by atoms with Crippen LogP contribution in [-0.2, 0) is 16.1 Å². The van der Waals surface area contributed by atoms with Crippen molar-refractivity contribution in [2.24, 2.45) is 0 Å². The van der Waals surface area contributed by atoms with Gasteiger partial charge in [-0.25, -0.2) is 4.68 Å². The van der Waals surface area contributed by atoms with Crippen LogP contribution in [0.2, 0.25) is 0 Å². The number of nitrogen functional groups attached to an aromatic ring is 1. The van der Waals surface area contributed by atoms with Gasteiger partial charge < -0.3 is 35.4 Å². The van der Waals surface area contributed by atoms with Crippen molar-refractivity contribution in [2.75, 3.05) is 50.7 Å². The van der Waals surface area contributed by atoms with E-state index >= 15 is 0 Å². The number of nitrogens with one attached hydrogen (secondary N) is 2. The van der Waals surface area contributed by atoms with Crippen LogP contribution in [0.15, 0.2) is 66.1 Å². The van der Waals surface area contributed by atoms with Gasteiger partial charge in [0, 0.05) is 41.2 Å². The van der Waals surface area contributed by atoms with Crippen molar-refractivity contribution in [3.8, 4) is 34.4 Å². The molecule has 4 rings (SSSR count). The quantitative estimate of drug-likeness (QED) is 0.129. The predicted molar refractivity (Wildman–Crippen MR) is 153 cm³/mol. The van der Waals surface area contributed by atoms with E-state index in [0.717, 1.165) is 11.8 Å². The molecule has 0 aliphatic rings. The Kier molecular flexibility index (Phi) is 9.47. The van der Waals surface area contributed by atoms with E-state index in [4.69, 9.17) is 24.8 Å². The van der Waals surface area contributed by atoms with Crippen molar-refractivity contribution in [3.05, 3.63) is 60.9 Å². The number of hydrogen-bond acceptors (Lipinski definition) is 10. The van der Waals surface area contributed by atoms with Crippen LogP contribution in [-0.4, -0.2) is 60.9 Å². The summed E-state index contributed by atoms with van der Waals surface area (Å²) in [5.41, 5.74) is 1.85. The maximum atomic E-state index is 12.6. The fraction of sp³-hybridized carbons (Fsp3) is 0.222. The number of methoxy groups -OCH3 is 4. The Morgan fingerprint density at radius 1 is 0.805 bits per heavy atom. The van der Waals surface area contributed by atoms with Crippen LogP contribution < -0.4 is 40.0 Å². The fourth-order valence-electron chi connectivity index (χ4n) is 3.81. The molecule has 13 nitrogen and oxygen atoms in total. The van der Waals surface area contributed by atoms with Gasteiger partial charge in [-0.05, 0) is 24.3 Å². The first kappa shape index (κ1) is 29.0. The molecule has 0 fully saturated rings. The number of nitrogens with zero attached hydrogens (tertiary/aromatic N) is 4. The number of pyridine rings is 1. The first-order valence-corrected chi connectivity index (χ1v) is 13.2. The molecule has 2 amide bonds. The van der Waals surface area contributed by atoms with Crippen molar-refractivity contribution >= 4 is 35.0 Å². The van der Waals surface area contributed by atoms with E-state index in [9.17, 15) is 9.59 Å². The SMILES string of the molecule is COc1ccc(NC(=O)CSc2nnc(-c3cc[n+](CC(=O)Nc4ccc(OC)c(OC)c4)cc3)n2N)cc1OC. The van der Waals surface area contributed by atoms with Gasteiger partial charge in [-0.1, -0.05) is 11.8 Å². The van der Waals surface area contributed by atoms with Crippen LogP contribution >= 0.6 is 11.8 Å². The standard InChI is InChI=1S/C27H29N7O6S/c1-37-20-7-5-18(13-22(20)39-3)29-24(35)15-33-11-9-17(10-12-33)26-31-32-27(34(26)28)41-16-25(36)30-19-6-8-21(38-2)23(14-19)40-4/h5-14H,15-16H2,1-4H3,(H3-,28,29,30,31,35,36)/p+1. The molecule has 14 heteroatoms. The van der Waals surface area contributed by atoms with Crippen molar-refractivity contribution in [1.29, 1.82) is 0 Å². The topological polar surface area (TPSA) is 156 Å². The minimum Gasteiger partial charge on any atom is -0.493 e. The van der Waals surface area contributed by atoms with Crippen LogP contribution in [0.4, 0.5) is 11.4 Å². The highest BCUT2D eigenvalue weighted by molar-refractivity contribution is 7.99. The number of carbonyl (C=O) groups excluding carboxylic acids is 2. The Balaban J connectivity index is 1.33. The number of ether oxygens (including phenoxy) is 4. The zero-order valence-corrected chi connectivity index (χ0v) is 23.7. The lowest BCUT2D eigenvalue weighted by Gasteiger charge is -2.10. The summed E-state index contributed by atoms with van der Waals surface area (Å²) in [7, 11) is 6.14. The van der Waals surface area contributed by atoms with Gasteiger partial charge in [-0.15, -0.1) is 10.2 Å². The summed E-state index contributed by atoms with van der Waals surface area (Å²) in [6, 6.07) is 13.8. The third kappa shape index (κ3) is 7.16. The lowest BCUT2D eigenvalue weighted by Crippen LogP contribution is -2.39. The lowest BCUT2D eigenvalue weighted by molar-refractivity contribution is -0.684. The maximum absolute atomic E-state index is 12.6. The number of nitrogens with two attached hydrogens (primary N) is 1. The molecular formula is C27H30N7O6S+. The average Bonchev–Trinajstić information content (AvgIpc) is 3.36. The van der Waals surface area contributed by atoms with E-state index < -0.39 is 0 Å². The first-order valence-electron chi connectivity index (χ1n) is 12.2. The smallest absolute Gasteiger partial charge is 0.290 e. The molecule has 2 aromatic carbocycles. The molecule has 4 aromatic rings. The molecular weight excluding hydrogens is 550 g/mol. The largest absolute Gasteiger partial charge is 0.493 e. The number of aromatic nitrogens is 4. The van der Waals surface area contributed by atoms with E-state index in [1.807, 2.05) is 0 Å². The Morgan fingerprint density at radius 2 is 1.34 bits per heavy atom. The van der Waals surface area contributed by atoms with Gasteiger partial charge in [-0.3, -0.25) is 9.59 Å². The normalized spacial score (nSPS) is 10.5. The first-order chi connectivity index (χ1) is 19.8. The summed E-state index contributed by atoms with van der Waals surface area (Å²) >= 11 is 1.15. The van der Waals surface area contributed by atoms with E-state index in [1.165, 1.54) is 18.9 Å². The molecule has 0 saturated carbocycles. The molecule has 4 N–H and O–H groups in total. The van der Waals surface area contributed by atoms with E-state index in [2.05, 4.69) is 20.8 Å². The summed E-state index contributed by atoms with van der Waals surface area (Å²) in [5, 5.41) is 14.3. The van der Waals surface area contributed by atoms with Crippen LogP contribution in [0.1, 0.15) is 0 Å². The highest BCUT2D eigenvalue weighted by Crippen LogP contribution is 2.31. The van der Waals surface area contributed by atoms with Gasteiger partial charge in [0.15, 0.2) is 41.2 Å². The lowest BCUT2D eigenvalue weighted by atomic mass is 10.2. The van der Waals surface area contributed by atoms with Crippen molar-refractivity contribution < 1.29 is 33.1 Å². The maximum Gasteiger partial charge on any atom is 0.290 e. The zero-order chi connectivity index (χ0) is 29.4. The number of rotatable bonds is 12. The van der Waals surface area contributed by atoms with Crippen molar-refractivity contribution in [2.45, 2.75) is 11.7 Å². The second kappa shape index (κ2) is 13.4. The van der Waals surface area contributed by atoms with E-state index in [-0.39, 0.29) is 24.1 Å². The number of hydrogen-bond donors (Lipinski definition) is 3. The van der Waals surface area contributed by atoms with Crippen LogP contribution in [0.25, 0.3) is 11.4 Å². The van der Waals surface area contributed by atoms with Gasteiger partial charge in [-0.2, -0.15) is 4.57 Å². The minimum atomic E-state index is -0.251. The van der Waals surface area contributed by atoms with Crippen LogP contribution in [0, 0.1) is 0 Å². The summed E-state index contributed by atoms with van der Waals surface area (Å²) in [6.45, 7) is 0.0836. The highest BCUT2D eigenvalue weighted by atomic mass is 32.2. The Morgan fingerprint density at radius 3 is 1.88 bits per heavy atom. The molecule has 2 heterocycles. The minimum absolute atomic E-state index is 0.0631. The number of anilines is 2. The van der Waals surface area contributed by atoms with Crippen LogP contribution in [0.5, 0.6) is 23.0 Å². The molecule has 0 bridgehead atoms. The molecule has 2 aromatic heterocycles. The molecule has 0 atom stereocenters. The van der Waals surface area contributed by atoms with Gasteiger partial charge >= 0.3 is 0 Å². The number of benzene rings is 2. The monoisotopic (exact) mass is 580 g/mol. The predicted octanol–water partition coefficient (Wildman–Crippen LogP) is 2.35. The molecule has 0 spiro atoms.